The summed E-state index contributed by atoms with van der Waals surface area (Å²) in [5, 5.41) is 17.4. The van der Waals surface area contributed by atoms with Gasteiger partial charge >= 0.3 is 0 Å². The van der Waals surface area contributed by atoms with E-state index in [-0.39, 0.29) is 79.1 Å². The van der Waals surface area contributed by atoms with Crippen molar-refractivity contribution >= 4 is 58.4 Å². The van der Waals surface area contributed by atoms with E-state index in [9.17, 15) is 47.1 Å². The van der Waals surface area contributed by atoms with Gasteiger partial charge < -0.3 is 41.7 Å². The van der Waals surface area contributed by atoms with E-state index in [2.05, 4.69) is 41.9 Å². The molecule has 20 heteroatoms. The van der Waals surface area contributed by atoms with Crippen LogP contribution in [-0.2, 0) is 41.6 Å². The maximum atomic E-state index is 14.4. The van der Waals surface area contributed by atoms with E-state index in [4.69, 9.17) is 0 Å². The van der Waals surface area contributed by atoms with Crippen molar-refractivity contribution in [3.05, 3.63) is 190 Å². The van der Waals surface area contributed by atoms with E-state index < -0.39 is 47.9 Å². The molecule has 83 heavy (non-hydrogen) atoms. The number of hydrogen-bond acceptors (Lipinski definition) is 12. The van der Waals surface area contributed by atoms with Crippen LogP contribution in [0.5, 0.6) is 0 Å². The Labute approximate surface area is 480 Å². The first-order chi connectivity index (χ1) is 40.0. The van der Waals surface area contributed by atoms with Crippen LogP contribution in [0.2, 0.25) is 0 Å². The molecule has 6 amide bonds. The molecule has 18 nitrogen and oxygen atoms in total. The standard InChI is InChI=1S/C63H68F2N10O8/c1-38(66-3)60(80)72-52(62(82)74-28-6-8-54(74)44-32-46(36-68-34-44)58(78)42-16-20-48(64)21-17-42)30-40-12-24-50(25-13-40)70-56(76)10-5-11-57(77)71-51-26-14-41(15-27-51)31-53(73-61(81)39(2)67-4)63(83)75-29-7-9-55(75)45-33-47(37-69-35-45)59(79)43-18-22-49(65)23-19-43/h12-27,32-39,52-55,66-67H,5-11,28-31H2,1-4H3,(H,70,76)(H,71,77)(H,72,80)(H,73,81)/t38-,39-,52-,53-,54-,55-/m0/s1. The monoisotopic (exact) mass is 1130 g/mol. The van der Waals surface area contributed by atoms with Gasteiger partial charge in [0.25, 0.3) is 0 Å². The van der Waals surface area contributed by atoms with E-state index in [0.717, 1.165) is 11.1 Å². The summed E-state index contributed by atoms with van der Waals surface area (Å²) in [6, 6.07) is 23.9. The van der Waals surface area contributed by atoms with Crippen molar-refractivity contribution in [2.75, 3.05) is 37.8 Å². The molecule has 0 aliphatic carbocycles. The molecule has 8 rings (SSSR count). The number of nitrogens with one attached hydrogen (secondary N) is 6. The normalized spacial score (nSPS) is 16.3. The highest BCUT2D eigenvalue weighted by Crippen LogP contribution is 2.35. The van der Waals surface area contributed by atoms with Crippen molar-refractivity contribution in [3.63, 3.8) is 0 Å². The minimum atomic E-state index is -0.948. The van der Waals surface area contributed by atoms with Crippen LogP contribution in [0, 0.1) is 11.6 Å². The Morgan fingerprint density at radius 2 is 0.892 bits per heavy atom. The first-order valence-electron chi connectivity index (χ1n) is 27.8. The van der Waals surface area contributed by atoms with Crippen molar-refractivity contribution in [1.29, 1.82) is 0 Å². The third-order valence-electron chi connectivity index (χ3n) is 15.1. The van der Waals surface area contributed by atoms with Gasteiger partial charge in [-0.2, -0.15) is 0 Å². The summed E-state index contributed by atoms with van der Waals surface area (Å²) in [4.78, 5) is 120. The molecule has 2 aliphatic heterocycles. The summed E-state index contributed by atoms with van der Waals surface area (Å²) >= 11 is 0. The molecule has 2 saturated heterocycles. The number of likely N-dealkylation sites (tertiary alicyclic amines) is 2. The molecule has 4 aromatic carbocycles. The molecular weight excluding hydrogens is 1060 g/mol. The van der Waals surface area contributed by atoms with E-state index in [0.29, 0.717) is 83.5 Å². The van der Waals surface area contributed by atoms with Crippen molar-refractivity contribution in [2.45, 2.75) is 108 Å². The van der Waals surface area contributed by atoms with Crippen LogP contribution >= 0.6 is 0 Å². The molecule has 6 N–H and O–H groups in total. The summed E-state index contributed by atoms with van der Waals surface area (Å²) in [6.45, 7) is 4.22. The van der Waals surface area contributed by atoms with Crippen molar-refractivity contribution < 1.29 is 47.1 Å². The smallest absolute Gasteiger partial charge is 0.246 e. The van der Waals surface area contributed by atoms with Gasteiger partial charge in [-0.15, -0.1) is 0 Å². The number of carbonyl (C=O) groups excluding carboxylic acids is 8. The number of nitrogens with zero attached hydrogens (tertiary/aromatic N) is 4. The Morgan fingerprint density at radius 1 is 0.518 bits per heavy atom. The Kier molecular flexibility index (Phi) is 20.5. The van der Waals surface area contributed by atoms with Crippen LogP contribution in [0.25, 0.3) is 0 Å². The molecule has 6 aromatic rings. The average molecular weight is 1130 g/mol. The third kappa shape index (κ3) is 15.8. The molecule has 0 spiro atoms. The van der Waals surface area contributed by atoms with Gasteiger partial charge in [-0.1, -0.05) is 24.3 Å². The van der Waals surface area contributed by atoms with Gasteiger partial charge in [0.2, 0.25) is 35.4 Å². The number of likely N-dealkylation sites (N-methyl/N-ethyl adjacent to an activating group) is 2. The van der Waals surface area contributed by atoms with Crippen molar-refractivity contribution in [1.82, 2.24) is 41.0 Å². The lowest BCUT2D eigenvalue weighted by Crippen LogP contribution is -2.53. The maximum absolute atomic E-state index is 14.4. The largest absolute Gasteiger partial charge is 0.343 e. The average Bonchev–Trinajstić information content (AvgIpc) is 4.41. The molecule has 0 radical (unpaired) electrons. The number of hydrogen-bond donors (Lipinski definition) is 6. The van der Waals surface area contributed by atoms with Gasteiger partial charge in [0, 0.05) is 97.2 Å². The van der Waals surface area contributed by atoms with Crippen LogP contribution < -0.4 is 31.9 Å². The molecular formula is C63H68F2N10O8. The lowest BCUT2D eigenvalue weighted by atomic mass is 9.99. The Balaban J connectivity index is 0.829. The number of aromatic nitrogens is 2. The quantitative estimate of drug-likeness (QED) is 0.0337. The molecule has 432 valence electrons. The van der Waals surface area contributed by atoms with E-state index >= 15 is 0 Å². The zero-order valence-corrected chi connectivity index (χ0v) is 46.8. The molecule has 2 aliphatic rings. The van der Waals surface area contributed by atoms with Crippen LogP contribution in [0.15, 0.2) is 134 Å². The summed E-state index contributed by atoms with van der Waals surface area (Å²) in [5.74, 6) is -3.52. The maximum Gasteiger partial charge on any atom is 0.246 e. The number of anilines is 2. The summed E-state index contributed by atoms with van der Waals surface area (Å²) in [6.07, 6.45) is 9.39. The van der Waals surface area contributed by atoms with Crippen molar-refractivity contribution in [2.24, 2.45) is 0 Å². The molecule has 2 aromatic heterocycles. The SMILES string of the molecule is CN[C@@H](C)C(=O)N[C@@H](Cc1ccc(NC(=O)CCCC(=O)Nc2ccc(C[C@H](NC(=O)[C@H](C)NC)C(=O)N3CCC[C@H]3c3cncc(C(=O)c4ccc(F)cc4)c3)cc2)cc1)C(=O)N1CCC[C@H]1c1cncc(C(=O)c2ccc(F)cc2)c1. The Morgan fingerprint density at radius 3 is 1.25 bits per heavy atom. The summed E-state index contributed by atoms with van der Waals surface area (Å²) < 4.78 is 27.2. The first-order valence-corrected chi connectivity index (χ1v) is 27.8. The highest BCUT2D eigenvalue weighted by atomic mass is 19.1. The highest BCUT2D eigenvalue weighted by Gasteiger charge is 2.38. The molecule has 4 heterocycles. The molecule has 0 bridgehead atoms. The number of ketones is 2. The van der Waals surface area contributed by atoms with Gasteiger partial charge in [0.1, 0.15) is 23.7 Å². The van der Waals surface area contributed by atoms with Crippen LogP contribution in [0.3, 0.4) is 0 Å². The van der Waals surface area contributed by atoms with Crippen molar-refractivity contribution in [3.8, 4) is 0 Å². The molecule has 0 unspecified atom stereocenters. The highest BCUT2D eigenvalue weighted by molar-refractivity contribution is 6.09. The number of amides is 6. The lowest BCUT2D eigenvalue weighted by Gasteiger charge is -2.30. The van der Waals surface area contributed by atoms with E-state index in [1.54, 1.807) is 111 Å². The summed E-state index contributed by atoms with van der Waals surface area (Å²) in [5.41, 5.74) is 5.00. The number of halogens is 2. The zero-order valence-electron chi connectivity index (χ0n) is 46.8. The van der Waals surface area contributed by atoms with E-state index in [1.165, 1.54) is 60.9 Å². The van der Waals surface area contributed by atoms with Gasteiger partial charge in [0.05, 0.1) is 24.2 Å². The fourth-order valence-corrected chi connectivity index (χ4v) is 10.3. The topological polar surface area (TPSA) is 241 Å². The summed E-state index contributed by atoms with van der Waals surface area (Å²) in [7, 11) is 3.29. The molecule has 0 saturated carbocycles. The van der Waals surface area contributed by atoms with Crippen LogP contribution in [0.4, 0.5) is 20.2 Å². The fourth-order valence-electron chi connectivity index (χ4n) is 10.3. The first kappa shape index (κ1) is 60.2. The molecule has 6 atom stereocenters. The van der Waals surface area contributed by atoms with Gasteiger partial charge in [-0.3, -0.25) is 48.3 Å². The van der Waals surface area contributed by atoms with Crippen LogP contribution in [0.1, 0.15) is 125 Å². The minimum Gasteiger partial charge on any atom is -0.343 e. The second-order valence-corrected chi connectivity index (χ2v) is 21.0. The minimum absolute atomic E-state index is 0.0530. The second kappa shape index (κ2) is 28.2. The zero-order chi connectivity index (χ0) is 59.2. The number of carbonyl (C=O) groups is 8. The van der Waals surface area contributed by atoms with Gasteiger partial charge in [-0.05, 0) is 167 Å². The fraction of sp³-hybridized carbons (Fsp3) is 0.333. The third-order valence-corrected chi connectivity index (χ3v) is 15.1. The number of benzene rings is 4. The van der Waals surface area contributed by atoms with Gasteiger partial charge in [0.15, 0.2) is 11.6 Å². The Hall–Kier alpha value is -8.88. The number of rotatable bonds is 24. The predicted molar refractivity (Wildman–Crippen MR) is 308 cm³/mol. The Bertz CT molecular complexity index is 3090. The predicted octanol–water partition coefficient (Wildman–Crippen LogP) is 6.96. The number of pyridine rings is 2. The lowest BCUT2D eigenvalue weighted by molar-refractivity contribution is -0.137. The molecule has 2 fully saturated rings. The second-order valence-electron chi connectivity index (χ2n) is 21.0. The van der Waals surface area contributed by atoms with E-state index in [1.807, 2.05) is 0 Å². The van der Waals surface area contributed by atoms with Gasteiger partial charge in [-0.25, -0.2) is 8.78 Å². The van der Waals surface area contributed by atoms with Crippen LogP contribution in [-0.4, -0.2) is 118 Å².